The van der Waals surface area contributed by atoms with Gasteiger partial charge in [-0.15, -0.1) is 0 Å². The van der Waals surface area contributed by atoms with Crippen molar-refractivity contribution in [1.82, 2.24) is 4.90 Å². The maximum atomic E-state index is 10.6. The van der Waals surface area contributed by atoms with Crippen LogP contribution >= 0.6 is 0 Å². The van der Waals surface area contributed by atoms with Crippen molar-refractivity contribution in [2.24, 2.45) is 5.92 Å². The lowest BCUT2D eigenvalue weighted by atomic mass is 9.98. The fourth-order valence-corrected chi connectivity index (χ4v) is 3.02. The van der Waals surface area contributed by atoms with Crippen LogP contribution in [0.3, 0.4) is 0 Å². The van der Waals surface area contributed by atoms with Crippen LogP contribution in [0.5, 0.6) is 5.75 Å². The van der Waals surface area contributed by atoms with Gasteiger partial charge in [0.15, 0.2) is 0 Å². The Kier molecular flexibility index (Phi) is 6.71. The van der Waals surface area contributed by atoms with E-state index < -0.39 is 6.10 Å². The highest BCUT2D eigenvalue weighted by molar-refractivity contribution is 5.38. The first kappa shape index (κ1) is 17.3. The molecule has 3 heteroatoms. The van der Waals surface area contributed by atoms with Crippen LogP contribution in [0.2, 0.25) is 0 Å². The quantitative estimate of drug-likeness (QED) is 0.828. The van der Waals surface area contributed by atoms with Gasteiger partial charge in [-0.3, -0.25) is 0 Å². The number of rotatable bonds is 7. The Bertz CT molecular complexity index is 453. The molecule has 0 radical (unpaired) electrons. The van der Waals surface area contributed by atoms with Gasteiger partial charge >= 0.3 is 0 Å². The number of ether oxygens (including phenoxy) is 1. The monoisotopic (exact) mass is 305 g/mol. The largest absolute Gasteiger partial charge is 0.493 e. The van der Waals surface area contributed by atoms with Crippen LogP contribution in [0.25, 0.3) is 0 Å². The molecule has 124 valence electrons. The number of aliphatic hydroxyl groups excluding tert-OH is 1. The van der Waals surface area contributed by atoms with Crippen molar-refractivity contribution in [3.63, 3.8) is 0 Å². The van der Waals surface area contributed by atoms with E-state index in [0.717, 1.165) is 36.6 Å². The molecule has 1 unspecified atom stereocenters. The zero-order valence-corrected chi connectivity index (χ0v) is 14.3. The van der Waals surface area contributed by atoms with Gasteiger partial charge in [-0.2, -0.15) is 0 Å². The van der Waals surface area contributed by atoms with Crippen LogP contribution in [0.1, 0.15) is 56.8 Å². The third kappa shape index (κ3) is 4.99. The SMILES string of the molecule is CCCOc1ccc(C)cc1C(O)CCN1CCC(C)CC1. The third-order valence-corrected chi connectivity index (χ3v) is 4.58. The van der Waals surface area contributed by atoms with Crippen LogP contribution in [0.4, 0.5) is 0 Å². The molecule has 1 fully saturated rings. The summed E-state index contributed by atoms with van der Waals surface area (Å²) in [7, 11) is 0. The van der Waals surface area contributed by atoms with E-state index in [2.05, 4.69) is 31.7 Å². The third-order valence-electron chi connectivity index (χ3n) is 4.58. The number of benzene rings is 1. The molecule has 1 aliphatic rings. The van der Waals surface area contributed by atoms with Crippen molar-refractivity contribution in [1.29, 1.82) is 0 Å². The van der Waals surface area contributed by atoms with Gasteiger partial charge in [-0.1, -0.05) is 25.5 Å². The fraction of sp³-hybridized carbons (Fsp3) is 0.684. The predicted octanol–water partition coefficient (Wildman–Crippen LogP) is 3.94. The first-order valence-electron chi connectivity index (χ1n) is 8.74. The minimum atomic E-state index is -0.439. The Labute approximate surface area is 135 Å². The van der Waals surface area contributed by atoms with E-state index in [4.69, 9.17) is 4.74 Å². The Balaban J connectivity index is 1.93. The van der Waals surface area contributed by atoms with Gasteiger partial charge in [-0.25, -0.2) is 0 Å². The van der Waals surface area contributed by atoms with Crippen molar-refractivity contribution in [3.8, 4) is 5.75 Å². The maximum absolute atomic E-state index is 10.6. The zero-order valence-electron chi connectivity index (χ0n) is 14.3. The molecule has 1 N–H and O–H groups in total. The summed E-state index contributed by atoms with van der Waals surface area (Å²) in [6.07, 6.45) is 3.89. The summed E-state index contributed by atoms with van der Waals surface area (Å²) >= 11 is 0. The van der Waals surface area contributed by atoms with Gasteiger partial charge in [0.05, 0.1) is 12.7 Å². The summed E-state index contributed by atoms with van der Waals surface area (Å²) in [5.74, 6) is 1.69. The summed E-state index contributed by atoms with van der Waals surface area (Å²) in [5, 5.41) is 10.6. The molecule has 1 aromatic carbocycles. The average molecular weight is 305 g/mol. The molecule has 1 heterocycles. The lowest BCUT2D eigenvalue weighted by Crippen LogP contribution is -2.34. The number of aliphatic hydroxyl groups is 1. The Morgan fingerprint density at radius 3 is 2.73 bits per heavy atom. The molecule has 1 aliphatic heterocycles. The highest BCUT2D eigenvalue weighted by Crippen LogP contribution is 2.29. The molecule has 2 rings (SSSR count). The second-order valence-corrected chi connectivity index (χ2v) is 6.72. The summed E-state index contributed by atoms with van der Waals surface area (Å²) < 4.78 is 5.79. The van der Waals surface area contributed by atoms with E-state index in [-0.39, 0.29) is 0 Å². The van der Waals surface area contributed by atoms with E-state index in [1.54, 1.807) is 0 Å². The molecule has 1 atom stereocenters. The summed E-state index contributed by atoms with van der Waals surface area (Å²) in [4.78, 5) is 2.48. The van der Waals surface area contributed by atoms with Crippen LogP contribution in [-0.2, 0) is 0 Å². The predicted molar refractivity (Wildman–Crippen MR) is 91.4 cm³/mol. The standard InChI is InChI=1S/C19H31NO2/c1-4-13-22-19-6-5-16(3)14-17(19)18(21)9-12-20-10-7-15(2)8-11-20/h5-6,14-15,18,21H,4,7-13H2,1-3H3. The van der Waals surface area contributed by atoms with E-state index in [1.165, 1.54) is 31.5 Å². The summed E-state index contributed by atoms with van der Waals surface area (Å²) in [6.45, 7) is 10.5. The molecule has 0 amide bonds. The van der Waals surface area contributed by atoms with E-state index in [0.29, 0.717) is 6.61 Å². The van der Waals surface area contributed by atoms with Crippen molar-refractivity contribution < 1.29 is 9.84 Å². The van der Waals surface area contributed by atoms with Gasteiger partial charge in [-0.05, 0) is 63.7 Å². The average Bonchev–Trinajstić information content (AvgIpc) is 2.53. The Morgan fingerprint density at radius 1 is 1.32 bits per heavy atom. The van der Waals surface area contributed by atoms with Crippen LogP contribution in [-0.4, -0.2) is 36.2 Å². The van der Waals surface area contributed by atoms with E-state index >= 15 is 0 Å². The highest BCUT2D eigenvalue weighted by Gasteiger charge is 2.19. The van der Waals surface area contributed by atoms with E-state index in [1.807, 2.05) is 12.1 Å². The molecular formula is C19H31NO2. The van der Waals surface area contributed by atoms with Gasteiger partial charge in [0.25, 0.3) is 0 Å². The second kappa shape index (κ2) is 8.54. The van der Waals surface area contributed by atoms with Gasteiger partial charge in [0.1, 0.15) is 5.75 Å². The molecular weight excluding hydrogens is 274 g/mol. The van der Waals surface area contributed by atoms with Crippen molar-refractivity contribution in [2.45, 2.75) is 52.6 Å². The molecule has 0 spiro atoms. The first-order valence-corrected chi connectivity index (χ1v) is 8.74. The number of nitrogens with zero attached hydrogens (tertiary/aromatic N) is 1. The second-order valence-electron chi connectivity index (χ2n) is 6.72. The van der Waals surface area contributed by atoms with E-state index in [9.17, 15) is 5.11 Å². The summed E-state index contributed by atoms with van der Waals surface area (Å²) in [6, 6.07) is 6.10. The normalized spacial score (nSPS) is 18.4. The van der Waals surface area contributed by atoms with Crippen molar-refractivity contribution >= 4 is 0 Å². The van der Waals surface area contributed by atoms with Gasteiger partial charge < -0.3 is 14.7 Å². The molecule has 0 saturated carbocycles. The van der Waals surface area contributed by atoms with Crippen LogP contribution < -0.4 is 4.74 Å². The number of aryl methyl sites for hydroxylation is 1. The number of hydrogen-bond acceptors (Lipinski definition) is 3. The van der Waals surface area contributed by atoms with Crippen molar-refractivity contribution in [3.05, 3.63) is 29.3 Å². The molecule has 1 saturated heterocycles. The Morgan fingerprint density at radius 2 is 2.05 bits per heavy atom. The Hall–Kier alpha value is -1.06. The number of piperidine rings is 1. The highest BCUT2D eigenvalue weighted by atomic mass is 16.5. The first-order chi connectivity index (χ1) is 10.6. The van der Waals surface area contributed by atoms with Crippen molar-refractivity contribution in [2.75, 3.05) is 26.2 Å². The minimum absolute atomic E-state index is 0.439. The number of likely N-dealkylation sites (tertiary alicyclic amines) is 1. The zero-order chi connectivity index (χ0) is 15.9. The molecule has 22 heavy (non-hydrogen) atoms. The molecule has 0 aromatic heterocycles. The molecule has 0 aliphatic carbocycles. The van der Waals surface area contributed by atoms with Crippen LogP contribution in [0.15, 0.2) is 18.2 Å². The minimum Gasteiger partial charge on any atom is -0.493 e. The van der Waals surface area contributed by atoms with Crippen LogP contribution in [0, 0.1) is 12.8 Å². The fourth-order valence-electron chi connectivity index (χ4n) is 3.02. The van der Waals surface area contributed by atoms with Gasteiger partial charge in [0.2, 0.25) is 0 Å². The number of hydrogen-bond donors (Lipinski definition) is 1. The van der Waals surface area contributed by atoms with Gasteiger partial charge in [0, 0.05) is 12.1 Å². The lowest BCUT2D eigenvalue weighted by molar-refractivity contribution is 0.122. The summed E-state index contributed by atoms with van der Waals surface area (Å²) in [5.41, 5.74) is 2.11. The molecule has 3 nitrogen and oxygen atoms in total. The smallest absolute Gasteiger partial charge is 0.125 e. The molecule has 0 bridgehead atoms. The maximum Gasteiger partial charge on any atom is 0.125 e. The molecule has 1 aromatic rings. The lowest BCUT2D eigenvalue weighted by Gasteiger charge is -2.30. The topological polar surface area (TPSA) is 32.7 Å².